The van der Waals surface area contributed by atoms with Gasteiger partial charge in [-0.15, -0.1) is 0 Å². The van der Waals surface area contributed by atoms with E-state index in [4.69, 9.17) is 4.74 Å². The minimum Gasteiger partial charge on any atom is -0.506 e. The molecule has 0 unspecified atom stereocenters. The summed E-state index contributed by atoms with van der Waals surface area (Å²) in [7, 11) is 0. The summed E-state index contributed by atoms with van der Waals surface area (Å²) in [5, 5.41) is 14.9. The van der Waals surface area contributed by atoms with Crippen LogP contribution < -0.4 is 10.6 Å². The molecule has 0 aliphatic carbocycles. The number of phenols is 1. The molecule has 0 radical (unpaired) electrons. The van der Waals surface area contributed by atoms with Crippen molar-refractivity contribution in [1.29, 1.82) is 0 Å². The molecule has 0 aromatic heterocycles. The number of anilines is 1. The molecule has 1 fully saturated rings. The summed E-state index contributed by atoms with van der Waals surface area (Å²) in [6.45, 7) is 2.18. The van der Waals surface area contributed by atoms with Crippen LogP contribution in [0.15, 0.2) is 24.3 Å². The normalized spacial score (nSPS) is 16.2. The average molecular weight is 250 g/mol. The molecular weight excluding hydrogens is 232 g/mol. The van der Waals surface area contributed by atoms with Gasteiger partial charge < -0.3 is 20.5 Å². The summed E-state index contributed by atoms with van der Waals surface area (Å²) >= 11 is 0. The molecule has 1 heterocycles. The van der Waals surface area contributed by atoms with Crippen molar-refractivity contribution in [2.45, 2.75) is 12.8 Å². The zero-order chi connectivity index (χ0) is 12.8. The first-order valence-corrected chi connectivity index (χ1v) is 6.16. The molecule has 1 aliphatic heterocycles. The van der Waals surface area contributed by atoms with Crippen LogP contribution >= 0.6 is 0 Å². The van der Waals surface area contributed by atoms with Gasteiger partial charge in [-0.3, -0.25) is 0 Å². The Kier molecular flexibility index (Phi) is 4.41. The van der Waals surface area contributed by atoms with Gasteiger partial charge in [-0.2, -0.15) is 0 Å². The second-order valence-corrected chi connectivity index (χ2v) is 4.41. The summed E-state index contributed by atoms with van der Waals surface area (Å²) in [6.07, 6.45) is 1.97. The Bertz CT molecular complexity index is 403. The summed E-state index contributed by atoms with van der Waals surface area (Å²) in [4.78, 5) is 11.6. The standard InChI is InChI=1S/C13H18N2O3/c16-12-4-2-1-3-11(12)15-13(17)14-9-10-5-7-18-8-6-10/h1-4,10,16H,5-9H2,(H2,14,15,17). The molecule has 5 heteroatoms. The summed E-state index contributed by atoms with van der Waals surface area (Å²) in [5.41, 5.74) is 0.418. The Balaban J connectivity index is 1.76. The van der Waals surface area contributed by atoms with Crippen molar-refractivity contribution in [2.75, 3.05) is 25.1 Å². The van der Waals surface area contributed by atoms with Crippen molar-refractivity contribution >= 4 is 11.7 Å². The van der Waals surface area contributed by atoms with Crippen molar-refractivity contribution < 1.29 is 14.6 Å². The third kappa shape index (κ3) is 3.63. The molecule has 2 amide bonds. The van der Waals surface area contributed by atoms with Gasteiger partial charge in [0.15, 0.2) is 0 Å². The molecular formula is C13H18N2O3. The van der Waals surface area contributed by atoms with E-state index in [0.717, 1.165) is 26.1 Å². The van der Waals surface area contributed by atoms with Gasteiger partial charge in [0.2, 0.25) is 0 Å². The first kappa shape index (κ1) is 12.7. The third-order valence-corrected chi connectivity index (χ3v) is 3.04. The van der Waals surface area contributed by atoms with Crippen LogP contribution in [0.1, 0.15) is 12.8 Å². The summed E-state index contributed by atoms with van der Waals surface area (Å²) in [6, 6.07) is 6.37. The Labute approximate surface area is 106 Å². The number of hydrogen-bond acceptors (Lipinski definition) is 3. The van der Waals surface area contributed by atoms with Crippen LogP contribution in [-0.4, -0.2) is 30.9 Å². The van der Waals surface area contributed by atoms with E-state index in [1.807, 2.05) is 0 Å². The van der Waals surface area contributed by atoms with Crippen LogP contribution in [0.25, 0.3) is 0 Å². The van der Waals surface area contributed by atoms with Crippen LogP contribution in [0.5, 0.6) is 5.75 Å². The Morgan fingerprint density at radius 2 is 2.06 bits per heavy atom. The third-order valence-electron chi connectivity index (χ3n) is 3.04. The smallest absolute Gasteiger partial charge is 0.319 e. The predicted octanol–water partition coefficient (Wildman–Crippen LogP) is 1.94. The van der Waals surface area contributed by atoms with Gasteiger partial charge in [0.1, 0.15) is 5.75 Å². The topological polar surface area (TPSA) is 70.6 Å². The number of hydrogen-bond donors (Lipinski definition) is 3. The van der Waals surface area contributed by atoms with Crippen molar-refractivity contribution in [2.24, 2.45) is 5.92 Å². The van der Waals surface area contributed by atoms with E-state index in [1.165, 1.54) is 6.07 Å². The highest BCUT2D eigenvalue weighted by Crippen LogP contribution is 2.21. The summed E-state index contributed by atoms with van der Waals surface area (Å²) in [5.74, 6) is 0.549. The number of carbonyl (C=O) groups is 1. The van der Waals surface area contributed by atoms with Crippen LogP contribution in [0, 0.1) is 5.92 Å². The van der Waals surface area contributed by atoms with E-state index in [-0.39, 0.29) is 11.8 Å². The van der Waals surface area contributed by atoms with Crippen molar-refractivity contribution in [3.63, 3.8) is 0 Å². The number of aromatic hydroxyl groups is 1. The minimum atomic E-state index is -0.289. The van der Waals surface area contributed by atoms with Crippen molar-refractivity contribution in [3.8, 4) is 5.75 Å². The molecule has 98 valence electrons. The molecule has 0 spiro atoms. The monoisotopic (exact) mass is 250 g/mol. The van der Waals surface area contributed by atoms with Gasteiger partial charge in [0.05, 0.1) is 5.69 Å². The average Bonchev–Trinajstić information content (AvgIpc) is 2.40. The van der Waals surface area contributed by atoms with E-state index in [0.29, 0.717) is 18.2 Å². The zero-order valence-electron chi connectivity index (χ0n) is 10.2. The molecule has 0 bridgehead atoms. The van der Waals surface area contributed by atoms with Crippen molar-refractivity contribution in [3.05, 3.63) is 24.3 Å². The number of ether oxygens (including phenoxy) is 1. The van der Waals surface area contributed by atoms with Gasteiger partial charge in [0.25, 0.3) is 0 Å². The SMILES string of the molecule is O=C(NCC1CCOCC1)Nc1ccccc1O. The fourth-order valence-corrected chi connectivity index (χ4v) is 1.93. The van der Waals surface area contributed by atoms with Crippen LogP contribution in [-0.2, 0) is 4.74 Å². The van der Waals surface area contributed by atoms with E-state index in [1.54, 1.807) is 18.2 Å². The maximum atomic E-state index is 11.6. The molecule has 0 saturated carbocycles. The largest absolute Gasteiger partial charge is 0.506 e. The minimum absolute atomic E-state index is 0.0683. The number of carbonyl (C=O) groups excluding carboxylic acids is 1. The van der Waals surface area contributed by atoms with Gasteiger partial charge in [0, 0.05) is 19.8 Å². The molecule has 3 N–H and O–H groups in total. The van der Waals surface area contributed by atoms with Crippen LogP contribution in [0.2, 0.25) is 0 Å². The predicted molar refractivity (Wildman–Crippen MR) is 68.7 cm³/mol. The number of urea groups is 1. The molecule has 2 rings (SSSR count). The molecule has 5 nitrogen and oxygen atoms in total. The molecule has 1 aliphatic rings. The van der Waals surface area contributed by atoms with Crippen molar-refractivity contribution in [1.82, 2.24) is 5.32 Å². The van der Waals surface area contributed by atoms with E-state index >= 15 is 0 Å². The highest BCUT2D eigenvalue weighted by molar-refractivity contribution is 5.90. The van der Waals surface area contributed by atoms with E-state index in [2.05, 4.69) is 10.6 Å². The first-order chi connectivity index (χ1) is 8.75. The summed E-state index contributed by atoms with van der Waals surface area (Å²) < 4.78 is 5.26. The molecule has 1 aromatic carbocycles. The number of benzene rings is 1. The zero-order valence-corrected chi connectivity index (χ0v) is 10.2. The van der Waals surface area contributed by atoms with E-state index < -0.39 is 0 Å². The Morgan fingerprint density at radius 1 is 1.33 bits per heavy atom. The van der Waals surface area contributed by atoms with Gasteiger partial charge in [-0.05, 0) is 30.9 Å². The first-order valence-electron chi connectivity index (χ1n) is 6.16. The Hall–Kier alpha value is -1.75. The molecule has 0 atom stereocenters. The number of rotatable bonds is 3. The number of para-hydroxylation sites is 2. The fraction of sp³-hybridized carbons (Fsp3) is 0.462. The lowest BCUT2D eigenvalue weighted by Crippen LogP contribution is -2.35. The second kappa shape index (κ2) is 6.26. The lowest BCUT2D eigenvalue weighted by Gasteiger charge is -2.22. The number of phenolic OH excluding ortho intramolecular Hbond substituents is 1. The van der Waals surface area contributed by atoms with Gasteiger partial charge in [-0.1, -0.05) is 12.1 Å². The maximum Gasteiger partial charge on any atom is 0.319 e. The fourth-order valence-electron chi connectivity index (χ4n) is 1.93. The number of amides is 2. The second-order valence-electron chi connectivity index (χ2n) is 4.41. The lowest BCUT2D eigenvalue weighted by molar-refractivity contribution is 0.0671. The maximum absolute atomic E-state index is 11.6. The van der Waals surface area contributed by atoms with Gasteiger partial charge in [-0.25, -0.2) is 4.79 Å². The van der Waals surface area contributed by atoms with Gasteiger partial charge >= 0.3 is 6.03 Å². The number of nitrogens with one attached hydrogen (secondary N) is 2. The highest BCUT2D eigenvalue weighted by Gasteiger charge is 2.14. The van der Waals surface area contributed by atoms with Crippen LogP contribution in [0.3, 0.4) is 0 Å². The Morgan fingerprint density at radius 3 is 2.78 bits per heavy atom. The molecule has 18 heavy (non-hydrogen) atoms. The highest BCUT2D eigenvalue weighted by atomic mass is 16.5. The molecule has 1 aromatic rings. The molecule has 1 saturated heterocycles. The van der Waals surface area contributed by atoms with E-state index in [9.17, 15) is 9.90 Å². The lowest BCUT2D eigenvalue weighted by atomic mass is 10.0. The van der Waals surface area contributed by atoms with Crippen LogP contribution in [0.4, 0.5) is 10.5 Å². The quantitative estimate of drug-likeness (QED) is 0.718.